The van der Waals surface area contributed by atoms with E-state index in [1.807, 2.05) is 79.7 Å². The van der Waals surface area contributed by atoms with E-state index in [1.54, 1.807) is 6.08 Å². The zero-order valence-electron chi connectivity index (χ0n) is 15.6. The van der Waals surface area contributed by atoms with Crippen LogP contribution >= 0.6 is 0 Å². The number of fused-ring (bicyclic) bond motifs is 1. The number of hydrogen-bond acceptors (Lipinski definition) is 3. The maximum Gasteiger partial charge on any atom is 0.280 e. The van der Waals surface area contributed by atoms with Gasteiger partial charge in [0, 0.05) is 0 Å². The maximum atomic E-state index is 13.0. The van der Waals surface area contributed by atoms with Crippen LogP contribution in [-0.2, 0) is 4.79 Å². The minimum absolute atomic E-state index is 0.134. The van der Waals surface area contributed by atoms with Crippen LogP contribution in [0.1, 0.15) is 12.5 Å². The van der Waals surface area contributed by atoms with Crippen LogP contribution in [0, 0.1) is 0 Å². The molecule has 0 aliphatic carbocycles. The van der Waals surface area contributed by atoms with E-state index in [0.717, 1.165) is 27.8 Å². The Morgan fingerprint density at radius 2 is 1.86 bits per heavy atom. The van der Waals surface area contributed by atoms with Gasteiger partial charge in [-0.1, -0.05) is 55.1 Å². The summed E-state index contributed by atoms with van der Waals surface area (Å²) in [6.07, 6.45) is 3.55. The van der Waals surface area contributed by atoms with Crippen LogP contribution in [-0.4, -0.2) is 18.2 Å². The van der Waals surface area contributed by atoms with Crippen LogP contribution in [0.4, 0.5) is 5.69 Å². The summed E-state index contributed by atoms with van der Waals surface area (Å²) in [6.45, 7) is 5.94. The number of rotatable bonds is 5. The Kier molecular flexibility index (Phi) is 4.77. The van der Waals surface area contributed by atoms with Crippen molar-refractivity contribution in [3.05, 3.63) is 90.5 Å². The Bertz CT molecular complexity index is 1130. The molecule has 1 aliphatic rings. The normalized spacial score (nSPS) is 15.2. The summed E-state index contributed by atoms with van der Waals surface area (Å²) >= 11 is 0. The van der Waals surface area contributed by atoms with Gasteiger partial charge in [0.15, 0.2) is 0 Å². The number of hydrogen-bond donors (Lipinski definition) is 0. The smallest absolute Gasteiger partial charge is 0.280 e. The number of benzene rings is 3. The summed E-state index contributed by atoms with van der Waals surface area (Å²) in [6, 6.07) is 21.6. The number of hydrazone groups is 1. The van der Waals surface area contributed by atoms with Crippen molar-refractivity contribution in [2.24, 2.45) is 5.10 Å². The van der Waals surface area contributed by atoms with E-state index in [9.17, 15) is 4.79 Å². The average molecular weight is 368 g/mol. The molecule has 3 aromatic rings. The molecule has 1 amide bonds. The minimum atomic E-state index is -0.134. The van der Waals surface area contributed by atoms with Gasteiger partial charge in [-0.05, 0) is 53.6 Å². The van der Waals surface area contributed by atoms with Crippen molar-refractivity contribution in [2.75, 3.05) is 11.6 Å². The highest BCUT2D eigenvalue weighted by Gasteiger charge is 2.28. The summed E-state index contributed by atoms with van der Waals surface area (Å²) < 4.78 is 5.57. The summed E-state index contributed by atoms with van der Waals surface area (Å²) in [5.74, 6) is 0.603. The molecule has 3 aromatic carbocycles. The highest BCUT2D eigenvalue weighted by molar-refractivity contribution is 6.32. The molecule has 0 saturated heterocycles. The van der Waals surface area contributed by atoms with Gasteiger partial charge in [-0.3, -0.25) is 4.79 Å². The molecule has 0 aromatic heterocycles. The second-order valence-electron chi connectivity index (χ2n) is 6.56. The van der Waals surface area contributed by atoms with Crippen molar-refractivity contribution in [1.82, 2.24) is 0 Å². The van der Waals surface area contributed by atoms with E-state index in [-0.39, 0.29) is 5.91 Å². The van der Waals surface area contributed by atoms with Gasteiger partial charge in [-0.2, -0.15) is 10.1 Å². The molecule has 0 fully saturated rings. The first-order chi connectivity index (χ1) is 13.7. The number of amides is 1. The van der Waals surface area contributed by atoms with Gasteiger partial charge in [0.05, 0.1) is 17.0 Å². The summed E-state index contributed by atoms with van der Waals surface area (Å²) in [4.78, 5) is 13.0. The Morgan fingerprint density at radius 3 is 2.68 bits per heavy atom. The van der Waals surface area contributed by atoms with Gasteiger partial charge in [-0.25, -0.2) is 0 Å². The molecule has 0 bridgehead atoms. The molecule has 4 heteroatoms. The van der Waals surface area contributed by atoms with Crippen LogP contribution in [0.15, 0.2) is 90.1 Å². The lowest BCUT2D eigenvalue weighted by atomic mass is 10.1. The van der Waals surface area contributed by atoms with Crippen molar-refractivity contribution in [2.45, 2.75) is 6.92 Å². The summed E-state index contributed by atoms with van der Waals surface area (Å²) in [5, 5.41) is 8.15. The lowest BCUT2D eigenvalue weighted by Gasteiger charge is -2.12. The number of ether oxygens (including phenoxy) is 1. The third-order valence-electron chi connectivity index (χ3n) is 4.58. The first-order valence-corrected chi connectivity index (χ1v) is 9.10. The van der Waals surface area contributed by atoms with E-state index in [4.69, 9.17) is 4.74 Å². The van der Waals surface area contributed by atoms with Crippen LogP contribution in [0.2, 0.25) is 0 Å². The lowest BCUT2D eigenvalue weighted by Crippen LogP contribution is -2.21. The van der Waals surface area contributed by atoms with Crippen LogP contribution in [0.3, 0.4) is 0 Å². The highest BCUT2D eigenvalue weighted by atomic mass is 16.5. The van der Waals surface area contributed by atoms with Gasteiger partial charge in [-0.15, -0.1) is 0 Å². The Morgan fingerprint density at radius 1 is 1.04 bits per heavy atom. The fourth-order valence-electron chi connectivity index (χ4n) is 3.18. The molecule has 4 nitrogen and oxygen atoms in total. The fraction of sp³-hybridized carbons (Fsp3) is 0.0833. The topological polar surface area (TPSA) is 41.9 Å². The molecule has 0 N–H and O–H groups in total. The molecule has 0 radical (unpaired) electrons. The molecular formula is C24H20N2O2. The van der Waals surface area contributed by atoms with Crippen LogP contribution in [0.25, 0.3) is 16.8 Å². The van der Waals surface area contributed by atoms with E-state index in [0.29, 0.717) is 17.9 Å². The van der Waals surface area contributed by atoms with Crippen LogP contribution in [0.5, 0.6) is 5.75 Å². The largest absolute Gasteiger partial charge is 0.490 e. The van der Waals surface area contributed by atoms with Crippen molar-refractivity contribution in [1.29, 1.82) is 0 Å². The fourth-order valence-corrected chi connectivity index (χ4v) is 3.18. The standard InChI is InChI=1S/C24H20N2O2/c1-3-13-28-22-10-6-7-18(14-22)15-23-17(2)25-26(24(23)27)21-12-11-19-8-4-5-9-20(19)16-21/h3-12,14-16H,1,13H2,2H3/b23-15-. The SMILES string of the molecule is C=CCOc1cccc(/C=C2\C(=O)N(c3ccc4ccccc4c3)N=C2C)c1. The van der Waals surface area contributed by atoms with E-state index >= 15 is 0 Å². The second kappa shape index (κ2) is 7.53. The summed E-state index contributed by atoms with van der Waals surface area (Å²) in [7, 11) is 0. The zero-order valence-corrected chi connectivity index (χ0v) is 15.6. The van der Waals surface area contributed by atoms with Crippen molar-refractivity contribution in [3.63, 3.8) is 0 Å². The average Bonchev–Trinajstić information content (AvgIpc) is 3.00. The molecule has 0 atom stereocenters. The molecule has 1 aliphatic heterocycles. The number of carbonyl (C=O) groups excluding carboxylic acids is 1. The van der Waals surface area contributed by atoms with Gasteiger partial charge in [0.2, 0.25) is 0 Å². The zero-order chi connectivity index (χ0) is 19.5. The monoisotopic (exact) mass is 368 g/mol. The Labute approximate surface area is 164 Å². The van der Waals surface area contributed by atoms with Crippen molar-refractivity contribution >= 4 is 34.2 Å². The van der Waals surface area contributed by atoms with E-state index in [2.05, 4.69) is 11.7 Å². The Hall–Kier alpha value is -3.66. The van der Waals surface area contributed by atoms with Gasteiger partial charge >= 0.3 is 0 Å². The molecule has 1 heterocycles. The molecule has 0 unspecified atom stereocenters. The van der Waals surface area contributed by atoms with Crippen LogP contribution < -0.4 is 9.75 Å². The third-order valence-corrected chi connectivity index (χ3v) is 4.58. The van der Waals surface area contributed by atoms with Gasteiger partial charge in [0.1, 0.15) is 12.4 Å². The van der Waals surface area contributed by atoms with Gasteiger partial charge in [0.25, 0.3) is 5.91 Å². The molecule has 4 rings (SSSR count). The predicted octanol–water partition coefficient (Wildman–Crippen LogP) is 5.21. The molecule has 0 saturated carbocycles. The predicted molar refractivity (Wildman–Crippen MR) is 115 cm³/mol. The lowest BCUT2D eigenvalue weighted by molar-refractivity contribution is -0.114. The van der Waals surface area contributed by atoms with Crippen molar-refractivity contribution < 1.29 is 9.53 Å². The van der Waals surface area contributed by atoms with E-state index in [1.165, 1.54) is 5.01 Å². The first-order valence-electron chi connectivity index (χ1n) is 9.10. The maximum absolute atomic E-state index is 13.0. The number of anilines is 1. The molecule has 138 valence electrons. The quantitative estimate of drug-likeness (QED) is 0.458. The Balaban J connectivity index is 1.64. The molecule has 0 spiro atoms. The molecular weight excluding hydrogens is 348 g/mol. The van der Waals surface area contributed by atoms with E-state index < -0.39 is 0 Å². The number of nitrogens with zero attached hydrogens (tertiary/aromatic N) is 2. The summed E-state index contributed by atoms with van der Waals surface area (Å²) in [5.41, 5.74) is 2.92. The number of carbonyl (C=O) groups is 1. The second-order valence-corrected chi connectivity index (χ2v) is 6.56. The first kappa shape index (κ1) is 17.7. The van der Waals surface area contributed by atoms with Crippen molar-refractivity contribution in [3.8, 4) is 5.75 Å². The minimum Gasteiger partial charge on any atom is -0.490 e. The highest BCUT2D eigenvalue weighted by Crippen LogP contribution is 2.28. The van der Waals surface area contributed by atoms with Gasteiger partial charge < -0.3 is 4.74 Å². The third kappa shape index (κ3) is 3.45. The molecule has 28 heavy (non-hydrogen) atoms.